The van der Waals surface area contributed by atoms with Gasteiger partial charge >= 0.3 is 0 Å². The standard InChI is InChI=1S/C13H9ClN2O2S2/c14-13-11-2-1-10(7-9(11)3-4-16-13)20(17,18)8-12-15-5-6-19-12/h1-7H,8H2. The topological polar surface area (TPSA) is 59.9 Å². The summed E-state index contributed by atoms with van der Waals surface area (Å²) < 4.78 is 24.7. The Balaban J connectivity index is 2.05. The fourth-order valence-electron chi connectivity index (χ4n) is 1.88. The van der Waals surface area contributed by atoms with Gasteiger partial charge in [-0.2, -0.15) is 0 Å². The zero-order valence-electron chi connectivity index (χ0n) is 10.2. The fraction of sp³-hybridized carbons (Fsp3) is 0.0769. The van der Waals surface area contributed by atoms with Crippen molar-refractivity contribution >= 4 is 43.5 Å². The van der Waals surface area contributed by atoms with Crippen molar-refractivity contribution in [1.82, 2.24) is 9.97 Å². The van der Waals surface area contributed by atoms with E-state index < -0.39 is 9.84 Å². The summed E-state index contributed by atoms with van der Waals surface area (Å²) >= 11 is 7.30. The second-order valence-corrected chi connectivity index (χ2v) is 7.50. The van der Waals surface area contributed by atoms with Crippen LogP contribution in [0.4, 0.5) is 0 Å². The summed E-state index contributed by atoms with van der Waals surface area (Å²) in [5, 5.41) is 4.20. The molecule has 0 atom stereocenters. The van der Waals surface area contributed by atoms with Gasteiger partial charge in [-0.25, -0.2) is 18.4 Å². The average Bonchev–Trinajstić information content (AvgIpc) is 2.91. The molecule has 102 valence electrons. The van der Waals surface area contributed by atoms with Gasteiger partial charge in [0.15, 0.2) is 9.84 Å². The summed E-state index contributed by atoms with van der Waals surface area (Å²) in [5.41, 5.74) is 0. The third-order valence-electron chi connectivity index (χ3n) is 2.84. The minimum absolute atomic E-state index is 0.0883. The van der Waals surface area contributed by atoms with Gasteiger partial charge < -0.3 is 0 Å². The number of sulfone groups is 1. The Kier molecular flexibility index (Phi) is 3.45. The van der Waals surface area contributed by atoms with Crippen molar-refractivity contribution in [3.63, 3.8) is 0 Å². The smallest absolute Gasteiger partial charge is 0.184 e. The molecule has 4 nitrogen and oxygen atoms in total. The maximum atomic E-state index is 12.3. The lowest BCUT2D eigenvalue weighted by molar-refractivity contribution is 0.595. The van der Waals surface area contributed by atoms with E-state index in [2.05, 4.69) is 9.97 Å². The maximum Gasteiger partial charge on any atom is 0.184 e. The molecule has 0 amide bonds. The highest BCUT2D eigenvalue weighted by Gasteiger charge is 2.17. The van der Waals surface area contributed by atoms with Crippen molar-refractivity contribution in [2.75, 3.05) is 0 Å². The largest absolute Gasteiger partial charge is 0.249 e. The molecule has 0 aliphatic heterocycles. The molecule has 3 rings (SSSR count). The predicted octanol–water partition coefficient (Wildman–Crippen LogP) is 3.32. The molecule has 0 aliphatic rings. The molecule has 0 aliphatic carbocycles. The number of nitrogens with zero attached hydrogens (tertiary/aromatic N) is 2. The molecule has 2 aromatic heterocycles. The van der Waals surface area contributed by atoms with Crippen LogP contribution in [-0.2, 0) is 15.6 Å². The number of aromatic nitrogens is 2. The third-order valence-corrected chi connectivity index (χ3v) is 5.73. The highest BCUT2D eigenvalue weighted by atomic mass is 35.5. The second-order valence-electron chi connectivity index (χ2n) is 4.17. The van der Waals surface area contributed by atoms with E-state index >= 15 is 0 Å². The van der Waals surface area contributed by atoms with Crippen LogP contribution in [-0.4, -0.2) is 18.4 Å². The Morgan fingerprint density at radius 2 is 2.00 bits per heavy atom. The van der Waals surface area contributed by atoms with Crippen LogP contribution in [0.1, 0.15) is 5.01 Å². The molecule has 0 bridgehead atoms. The number of hydrogen-bond donors (Lipinski definition) is 0. The number of rotatable bonds is 3. The monoisotopic (exact) mass is 324 g/mol. The normalized spacial score (nSPS) is 11.8. The molecule has 0 saturated carbocycles. The lowest BCUT2D eigenvalue weighted by atomic mass is 10.2. The van der Waals surface area contributed by atoms with E-state index in [4.69, 9.17) is 11.6 Å². The van der Waals surface area contributed by atoms with E-state index in [9.17, 15) is 8.42 Å². The number of benzene rings is 1. The van der Waals surface area contributed by atoms with Gasteiger partial charge in [-0.05, 0) is 29.7 Å². The number of pyridine rings is 1. The quantitative estimate of drug-likeness (QED) is 0.693. The molecule has 0 N–H and O–H groups in total. The van der Waals surface area contributed by atoms with Gasteiger partial charge in [-0.1, -0.05) is 11.6 Å². The zero-order valence-corrected chi connectivity index (χ0v) is 12.5. The molecule has 0 unspecified atom stereocenters. The van der Waals surface area contributed by atoms with E-state index in [1.807, 2.05) is 0 Å². The van der Waals surface area contributed by atoms with Crippen LogP contribution >= 0.6 is 22.9 Å². The Hall–Kier alpha value is -1.50. The molecular weight excluding hydrogens is 316 g/mol. The second kappa shape index (κ2) is 5.12. The Labute approximate surface area is 125 Å². The molecule has 0 radical (unpaired) electrons. The highest BCUT2D eigenvalue weighted by Crippen LogP contribution is 2.25. The molecule has 0 spiro atoms. The minimum atomic E-state index is -3.40. The van der Waals surface area contributed by atoms with Crippen LogP contribution in [0.3, 0.4) is 0 Å². The summed E-state index contributed by atoms with van der Waals surface area (Å²) in [4.78, 5) is 8.25. The molecular formula is C13H9ClN2O2S2. The van der Waals surface area contributed by atoms with Gasteiger partial charge in [0.05, 0.1) is 4.90 Å². The summed E-state index contributed by atoms with van der Waals surface area (Å²) in [5.74, 6) is -0.0883. The van der Waals surface area contributed by atoms with Crippen molar-refractivity contribution in [3.8, 4) is 0 Å². The number of halogens is 1. The minimum Gasteiger partial charge on any atom is -0.249 e. The SMILES string of the molecule is O=S(=O)(Cc1nccs1)c1ccc2c(Cl)nccc2c1. The van der Waals surface area contributed by atoms with Gasteiger partial charge in [0.2, 0.25) is 0 Å². The number of thiazole rings is 1. The highest BCUT2D eigenvalue weighted by molar-refractivity contribution is 7.90. The third kappa shape index (κ3) is 2.54. The van der Waals surface area contributed by atoms with Gasteiger partial charge in [0.25, 0.3) is 0 Å². The van der Waals surface area contributed by atoms with E-state index in [0.29, 0.717) is 10.2 Å². The van der Waals surface area contributed by atoms with Crippen molar-refractivity contribution < 1.29 is 8.42 Å². The van der Waals surface area contributed by atoms with Gasteiger partial charge in [-0.15, -0.1) is 11.3 Å². The van der Waals surface area contributed by atoms with Crippen LogP contribution in [0.25, 0.3) is 10.8 Å². The Morgan fingerprint density at radius 1 is 1.15 bits per heavy atom. The molecule has 2 heterocycles. The molecule has 1 aromatic carbocycles. The van der Waals surface area contributed by atoms with Crippen molar-refractivity contribution in [2.45, 2.75) is 10.6 Å². The van der Waals surface area contributed by atoms with E-state index in [1.54, 1.807) is 42.0 Å². The first kappa shape index (κ1) is 13.5. The molecule has 3 aromatic rings. The van der Waals surface area contributed by atoms with Crippen LogP contribution in [0.5, 0.6) is 0 Å². The van der Waals surface area contributed by atoms with Crippen molar-refractivity contribution in [3.05, 3.63) is 52.2 Å². The van der Waals surface area contributed by atoms with Crippen LogP contribution < -0.4 is 0 Å². The predicted molar refractivity (Wildman–Crippen MR) is 79.8 cm³/mol. The molecule has 7 heteroatoms. The fourth-order valence-corrected chi connectivity index (χ4v) is 4.40. The molecule has 0 fully saturated rings. The summed E-state index contributed by atoms with van der Waals surface area (Å²) in [6.45, 7) is 0. The van der Waals surface area contributed by atoms with Crippen LogP contribution in [0.15, 0.2) is 46.9 Å². The number of hydrogen-bond acceptors (Lipinski definition) is 5. The first-order valence-electron chi connectivity index (χ1n) is 5.72. The van der Waals surface area contributed by atoms with E-state index in [1.165, 1.54) is 11.3 Å². The lowest BCUT2D eigenvalue weighted by Gasteiger charge is -2.05. The van der Waals surface area contributed by atoms with Crippen LogP contribution in [0, 0.1) is 0 Å². The van der Waals surface area contributed by atoms with E-state index in [0.717, 1.165) is 10.8 Å². The summed E-state index contributed by atoms with van der Waals surface area (Å²) in [6.07, 6.45) is 3.16. The van der Waals surface area contributed by atoms with Crippen molar-refractivity contribution in [1.29, 1.82) is 0 Å². The zero-order chi connectivity index (χ0) is 14.2. The number of fused-ring (bicyclic) bond motifs is 1. The van der Waals surface area contributed by atoms with E-state index in [-0.39, 0.29) is 10.6 Å². The first-order chi connectivity index (χ1) is 9.56. The Morgan fingerprint density at radius 3 is 2.75 bits per heavy atom. The lowest BCUT2D eigenvalue weighted by Crippen LogP contribution is -2.04. The van der Waals surface area contributed by atoms with Gasteiger partial charge in [0.1, 0.15) is 15.9 Å². The average molecular weight is 325 g/mol. The summed E-state index contributed by atoms with van der Waals surface area (Å²) in [7, 11) is -3.40. The van der Waals surface area contributed by atoms with Gasteiger partial charge in [-0.3, -0.25) is 0 Å². The van der Waals surface area contributed by atoms with Gasteiger partial charge in [0, 0.05) is 23.2 Å². The maximum absolute atomic E-state index is 12.3. The molecule has 20 heavy (non-hydrogen) atoms. The summed E-state index contributed by atoms with van der Waals surface area (Å²) in [6, 6.07) is 6.59. The first-order valence-corrected chi connectivity index (χ1v) is 8.63. The molecule has 0 saturated heterocycles. The van der Waals surface area contributed by atoms with Crippen LogP contribution in [0.2, 0.25) is 5.15 Å². The van der Waals surface area contributed by atoms with Crippen molar-refractivity contribution in [2.24, 2.45) is 0 Å². The Bertz CT molecular complexity index is 861.